The zero-order valence-corrected chi connectivity index (χ0v) is 13.8. The Hall–Kier alpha value is -2.66. The smallest absolute Gasteiger partial charge is 0.228 e. The van der Waals surface area contributed by atoms with E-state index in [1.807, 2.05) is 30.5 Å². The maximum atomic E-state index is 13.3. The first-order valence-corrected chi connectivity index (χ1v) is 8.59. The minimum Gasteiger partial charge on any atom is -0.360 e. The van der Waals surface area contributed by atoms with Crippen molar-refractivity contribution < 1.29 is 9.18 Å². The van der Waals surface area contributed by atoms with Crippen LogP contribution in [0.2, 0.25) is 0 Å². The maximum absolute atomic E-state index is 13.3. The van der Waals surface area contributed by atoms with Crippen LogP contribution in [0, 0.1) is 11.7 Å². The molecule has 1 saturated heterocycles. The van der Waals surface area contributed by atoms with Gasteiger partial charge in [0, 0.05) is 34.9 Å². The number of fused-ring (bicyclic) bond motifs is 1. The SMILES string of the molecule is O=C(Nc1ccc(-c2c[nH]c3cc(F)ccc23)cc1)C1CCCNC1. The summed E-state index contributed by atoms with van der Waals surface area (Å²) in [6.45, 7) is 1.74. The number of nitrogens with one attached hydrogen (secondary N) is 3. The van der Waals surface area contributed by atoms with E-state index in [1.165, 1.54) is 12.1 Å². The summed E-state index contributed by atoms with van der Waals surface area (Å²) in [5.41, 5.74) is 3.61. The highest BCUT2D eigenvalue weighted by Crippen LogP contribution is 2.30. The van der Waals surface area contributed by atoms with Gasteiger partial charge in [0.15, 0.2) is 0 Å². The summed E-state index contributed by atoms with van der Waals surface area (Å²) >= 11 is 0. The second-order valence-corrected chi connectivity index (χ2v) is 6.50. The first kappa shape index (κ1) is 15.8. The van der Waals surface area contributed by atoms with Gasteiger partial charge in [-0.05, 0) is 55.3 Å². The Balaban J connectivity index is 1.52. The molecule has 0 radical (unpaired) electrons. The number of benzene rings is 2. The Bertz CT molecular complexity index is 895. The number of hydrogen-bond donors (Lipinski definition) is 3. The first-order chi connectivity index (χ1) is 12.2. The van der Waals surface area contributed by atoms with Gasteiger partial charge in [0.1, 0.15) is 5.82 Å². The molecule has 4 rings (SSSR count). The Morgan fingerprint density at radius 1 is 1.16 bits per heavy atom. The van der Waals surface area contributed by atoms with E-state index in [4.69, 9.17) is 0 Å². The van der Waals surface area contributed by atoms with E-state index < -0.39 is 0 Å². The minimum absolute atomic E-state index is 0.0388. The molecule has 1 aliphatic heterocycles. The van der Waals surface area contributed by atoms with Crippen LogP contribution < -0.4 is 10.6 Å². The minimum atomic E-state index is -0.254. The number of H-pyrrole nitrogens is 1. The van der Waals surface area contributed by atoms with Crippen molar-refractivity contribution >= 4 is 22.5 Å². The normalized spacial score (nSPS) is 17.6. The fourth-order valence-corrected chi connectivity index (χ4v) is 3.39. The number of anilines is 1. The molecule has 5 heteroatoms. The van der Waals surface area contributed by atoms with Crippen LogP contribution in [0.1, 0.15) is 12.8 Å². The quantitative estimate of drug-likeness (QED) is 0.679. The van der Waals surface area contributed by atoms with Crippen molar-refractivity contribution in [2.75, 3.05) is 18.4 Å². The molecule has 0 aliphatic carbocycles. The van der Waals surface area contributed by atoms with Crippen LogP contribution in [-0.4, -0.2) is 24.0 Å². The lowest BCUT2D eigenvalue weighted by Crippen LogP contribution is -2.37. The van der Waals surface area contributed by atoms with E-state index in [0.717, 1.165) is 53.6 Å². The van der Waals surface area contributed by atoms with Gasteiger partial charge < -0.3 is 15.6 Å². The van der Waals surface area contributed by atoms with Crippen LogP contribution in [0.3, 0.4) is 0 Å². The van der Waals surface area contributed by atoms with Crippen LogP contribution in [0.15, 0.2) is 48.7 Å². The molecule has 0 bridgehead atoms. The Morgan fingerprint density at radius 3 is 2.76 bits per heavy atom. The summed E-state index contributed by atoms with van der Waals surface area (Å²) in [4.78, 5) is 15.4. The molecule has 1 atom stereocenters. The van der Waals surface area contributed by atoms with Gasteiger partial charge in [-0.2, -0.15) is 0 Å². The fraction of sp³-hybridized carbons (Fsp3) is 0.250. The number of aromatic nitrogens is 1. The molecule has 128 valence electrons. The van der Waals surface area contributed by atoms with Crippen molar-refractivity contribution in [3.05, 3.63) is 54.5 Å². The van der Waals surface area contributed by atoms with Crippen molar-refractivity contribution in [3.63, 3.8) is 0 Å². The van der Waals surface area contributed by atoms with E-state index >= 15 is 0 Å². The Morgan fingerprint density at radius 2 is 2.00 bits per heavy atom. The van der Waals surface area contributed by atoms with E-state index in [0.29, 0.717) is 0 Å². The van der Waals surface area contributed by atoms with Crippen molar-refractivity contribution in [3.8, 4) is 11.1 Å². The predicted molar refractivity (Wildman–Crippen MR) is 97.9 cm³/mol. The van der Waals surface area contributed by atoms with Gasteiger partial charge in [0.2, 0.25) is 5.91 Å². The summed E-state index contributed by atoms with van der Waals surface area (Å²) < 4.78 is 13.3. The molecule has 3 N–H and O–H groups in total. The number of halogens is 1. The van der Waals surface area contributed by atoms with Gasteiger partial charge in [-0.3, -0.25) is 4.79 Å². The number of carbonyl (C=O) groups is 1. The highest BCUT2D eigenvalue weighted by molar-refractivity contribution is 5.96. The lowest BCUT2D eigenvalue weighted by atomic mass is 9.98. The van der Waals surface area contributed by atoms with Crippen LogP contribution in [0.5, 0.6) is 0 Å². The standard InChI is InChI=1S/C20H20FN3O/c21-15-5-8-17-18(12-23-19(17)10-15)13-3-6-16(7-4-13)24-20(25)14-2-1-9-22-11-14/h3-8,10,12,14,22-23H,1-2,9,11H2,(H,24,25). The van der Waals surface area contributed by atoms with E-state index in [2.05, 4.69) is 15.6 Å². The molecular weight excluding hydrogens is 317 g/mol. The number of rotatable bonds is 3. The van der Waals surface area contributed by atoms with Gasteiger partial charge in [0.25, 0.3) is 0 Å². The number of amides is 1. The largest absolute Gasteiger partial charge is 0.360 e. The summed E-state index contributed by atoms with van der Waals surface area (Å²) in [6, 6.07) is 12.5. The van der Waals surface area contributed by atoms with Crippen LogP contribution >= 0.6 is 0 Å². The van der Waals surface area contributed by atoms with Crippen LogP contribution in [-0.2, 0) is 4.79 Å². The molecule has 1 unspecified atom stereocenters. The van der Waals surface area contributed by atoms with Crippen molar-refractivity contribution in [1.29, 1.82) is 0 Å². The number of piperidine rings is 1. The fourth-order valence-electron chi connectivity index (χ4n) is 3.39. The van der Waals surface area contributed by atoms with Gasteiger partial charge in [0.05, 0.1) is 5.92 Å². The third kappa shape index (κ3) is 3.28. The van der Waals surface area contributed by atoms with Crippen molar-refractivity contribution in [2.45, 2.75) is 12.8 Å². The maximum Gasteiger partial charge on any atom is 0.228 e. The summed E-state index contributed by atoms with van der Waals surface area (Å²) in [5.74, 6) is -0.143. The zero-order chi connectivity index (χ0) is 17.2. The second-order valence-electron chi connectivity index (χ2n) is 6.50. The molecule has 1 amide bonds. The first-order valence-electron chi connectivity index (χ1n) is 8.59. The highest BCUT2D eigenvalue weighted by atomic mass is 19.1. The highest BCUT2D eigenvalue weighted by Gasteiger charge is 2.20. The predicted octanol–water partition coefficient (Wildman–Crippen LogP) is 3.91. The molecule has 2 aromatic carbocycles. The lowest BCUT2D eigenvalue weighted by Gasteiger charge is -2.21. The Labute approximate surface area is 145 Å². The zero-order valence-electron chi connectivity index (χ0n) is 13.8. The average molecular weight is 337 g/mol. The Kier molecular flexibility index (Phi) is 4.24. The molecule has 1 fully saturated rings. The van der Waals surface area contributed by atoms with E-state index in [-0.39, 0.29) is 17.6 Å². The molecule has 3 aromatic rings. The summed E-state index contributed by atoms with van der Waals surface area (Å²) in [6.07, 6.45) is 3.85. The third-order valence-electron chi connectivity index (χ3n) is 4.77. The third-order valence-corrected chi connectivity index (χ3v) is 4.77. The summed E-state index contributed by atoms with van der Waals surface area (Å²) in [7, 11) is 0. The molecule has 1 aromatic heterocycles. The van der Waals surface area contributed by atoms with Crippen LogP contribution in [0.4, 0.5) is 10.1 Å². The topological polar surface area (TPSA) is 56.9 Å². The number of hydrogen-bond acceptors (Lipinski definition) is 2. The van der Waals surface area contributed by atoms with Crippen molar-refractivity contribution in [1.82, 2.24) is 10.3 Å². The molecule has 0 spiro atoms. The van der Waals surface area contributed by atoms with Gasteiger partial charge in [-0.1, -0.05) is 12.1 Å². The van der Waals surface area contributed by atoms with Crippen molar-refractivity contribution in [2.24, 2.45) is 5.92 Å². The molecule has 25 heavy (non-hydrogen) atoms. The monoisotopic (exact) mass is 337 g/mol. The second kappa shape index (κ2) is 6.69. The molecular formula is C20H20FN3O. The van der Waals surface area contributed by atoms with Gasteiger partial charge >= 0.3 is 0 Å². The van der Waals surface area contributed by atoms with Gasteiger partial charge in [-0.15, -0.1) is 0 Å². The molecule has 1 aliphatic rings. The van der Waals surface area contributed by atoms with Gasteiger partial charge in [-0.25, -0.2) is 4.39 Å². The molecule has 0 saturated carbocycles. The number of carbonyl (C=O) groups excluding carboxylic acids is 1. The number of aromatic amines is 1. The molecule has 4 nitrogen and oxygen atoms in total. The average Bonchev–Trinajstić information content (AvgIpc) is 3.06. The molecule has 2 heterocycles. The van der Waals surface area contributed by atoms with E-state index in [1.54, 1.807) is 6.07 Å². The van der Waals surface area contributed by atoms with E-state index in [9.17, 15) is 9.18 Å². The van der Waals surface area contributed by atoms with Crippen LogP contribution in [0.25, 0.3) is 22.0 Å². The summed E-state index contributed by atoms with van der Waals surface area (Å²) in [5, 5.41) is 7.23. The lowest BCUT2D eigenvalue weighted by molar-refractivity contribution is -0.120.